The average Bonchev–Trinajstić information content (AvgIpc) is 3.04. The highest BCUT2D eigenvalue weighted by Gasteiger charge is 2.50. The van der Waals surface area contributed by atoms with Crippen LogP contribution in [-0.2, 0) is 5.41 Å². The molecule has 2 rings (SSSR count). The summed E-state index contributed by atoms with van der Waals surface area (Å²) >= 11 is 6.13. The summed E-state index contributed by atoms with van der Waals surface area (Å²) in [5, 5.41) is 10.5. The monoisotopic (exact) mass is 255 g/mol. The van der Waals surface area contributed by atoms with Crippen LogP contribution in [0.1, 0.15) is 30.9 Å². The number of halogens is 1. The Kier molecular flexibility index (Phi) is 3.00. The van der Waals surface area contributed by atoms with Crippen LogP contribution in [0.25, 0.3) is 0 Å². The zero-order valence-corrected chi connectivity index (χ0v) is 11.1. The van der Waals surface area contributed by atoms with Crippen LogP contribution in [0.4, 0.5) is 0 Å². The maximum absolute atomic E-state index is 9.92. The molecular formula is C13H18ClNO2. The number of rotatable bonds is 3. The third kappa shape index (κ3) is 1.78. The fourth-order valence-electron chi connectivity index (χ4n) is 2.59. The number of ether oxygens (including phenoxy) is 1. The number of aromatic hydroxyl groups is 1. The molecule has 1 saturated carbocycles. The zero-order valence-electron chi connectivity index (χ0n) is 10.4. The predicted octanol–water partition coefficient (Wildman–Crippen LogP) is 2.74. The normalized spacial score (nSPS) is 18.9. The van der Waals surface area contributed by atoms with Crippen LogP contribution >= 0.6 is 11.6 Å². The van der Waals surface area contributed by atoms with Crippen molar-refractivity contribution in [1.29, 1.82) is 0 Å². The van der Waals surface area contributed by atoms with Crippen molar-refractivity contribution in [3.05, 3.63) is 22.2 Å². The van der Waals surface area contributed by atoms with Gasteiger partial charge in [-0.1, -0.05) is 11.6 Å². The van der Waals surface area contributed by atoms with Crippen molar-refractivity contribution in [2.45, 2.75) is 38.1 Å². The van der Waals surface area contributed by atoms with Gasteiger partial charge in [0.15, 0.2) is 11.5 Å². The van der Waals surface area contributed by atoms with E-state index in [0.29, 0.717) is 10.8 Å². The Bertz CT molecular complexity index is 453. The lowest BCUT2D eigenvalue weighted by molar-refractivity contribution is 0.361. The summed E-state index contributed by atoms with van der Waals surface area (Å²) < 4.78 is 5.32. The lowest BCUT2D eigenvalue weighted by atomic mass is 9.85. The van der Waals surface area contributed by atoms with Gasteiger partial charge in [0.05, 0.1) is 7.11 Å². The highest BCUT2D eigenvalue weighted by atomic mass is 35.5. The van der Waals surface area contributed by atoms with Crippen LogP contribution < -0.4 is 10.5 Å². The maximum Gasteiger partial charge on any atom is 0.164 e. The van der Waals surface area contributed by atoms with E-state index in [4.69, 9.17) is 22.1 Å². The maximum atomic E-state index is 9.92. The largest absolute Gasteiger partial charge is 0.504 e. The first-order chi connectivity index (χ1) is 7.94. The number of nitrogens with two attached hydrogens (primary N) is 1. The molecule has 4 heteroatoms. The van der Waals surface area contributed by atoms with E-state index >= 15 is 0 Å². The van der Waals surface area contributed by atoms with Crippen molar-refractivity contribution in [1.82, 2.24) is 0 Å². The molecule has 1 atom stereocenters. The van der Waals surface area contributed by atoms with Crippen LogP contribution in [0.5, 0.6) is 11.5 Å². The lowest BCUT2D eigenvalue weighted by Gasteiger charge is -2.25. The molecule has 1 aromatic rings. The fourth-order valence-corrected chi connectivity index (χ4v) is 2.78. The summed E-state index contributed by atoms with van der Waals surface area (Å²) in [5.41, 5.74) is 7.92. The summed E-state index contributed by atoms with van der Waals surface area (Å²) in [6.07, 6.45) is 2.03. The van der Waals surface area contributed by atoms with Gasteiger partial charge < -0.3 is 15.6 Å². The second-order valence-electron chi connectivity index (χ2n) is 4.86. The molecule has 1 fully saturated rings. The van der Waals surface area contributed by atoms with Gasteiger partial charge in [0.2, 0.25) is 0 Å². The highest BCUT2D eigenvalue weighted by molar-refractivity contribution is 6.31. The molecule has 0 radical (unpaired) electrons. The van der Waals surface area contributed by atoms with E-state index in [0.717, 1.165) is 24.0 Å². The number of hydrogen-bond acceptors (Lipinski definition) is 3. The quantitative estimate of drug-likeness (QED) is 0.873. The van der Waals surface area contributed by atoms with E-state index in [1.54, 1.807) is 7.11 Å². The van der Waals surface area contributed by atoms with Crippen LogP contribution in [0, 0.1) is 6.92 Å². The molecule has 94 valence electrons. The molecule has 1 aliphatic rings. The molecule has 0 aliphatic heterocycles. The summed E-state index contributed by atoms with van der Waals surface area (Å²) in [4.78, 5) is 0. The van der Waals surface area contributed by atoms with Gasteiger partial charge in [-0.15, -0.1) is 0 Å². The van der Waals surface area contributed by atoms with Crippen LogP contribution in [-0.4, -0.2) is 18.3 Å². The smallest absolute Gasteiger partial charge is 0.164 e. The number of phenolic OH excluding ortho intramolecular Hbond substituents is 1. The minimum atomic E-state index is -0.0855. The Morgan fingerprint density at radius 2 is 2.12 bits per heavy atom. The van der Waals surface area contributed by atoms with Crippen molar-refractivity contribution < 1.29 is 9.84 Å². The van der Waals surface area contributed by atoms with Crippen LogP contribution in [0.15, 0.2) is 6.07 Å². The summed E-state index contributed by atoms with van der Waals surface area (Å²) in [7, 11) is 1.56. The highest BCUT2D eigenvalue weighted by Crippen LogP contribution is 2.57. The number of phenols is 1. The van der Waals surface area contributed by atoms with Crippen molar-refractivity contribution in [3.8, 4) is 11.5 Å². The van der Waals surface area contributed by atoms with E-state index < -0.39 is 0 Å². The average molecular weight is 256 g/mol. The third-order valence-electron chi connectivity index (χ3n) is 3.82. The second kappa shape index (κ2) is 4.07. The summed E-state index contributed by atoms with van der Waals surface area (Å²) in [6, 6.07) is 1.55. The molecule has 1 aliphatic carbocycles. The number of hydrogen-bond donors (Lipinski definition) is 2. The van der Waals surface area contributed by atoms with Gasteiger partial charge in [-0.3, -0.25) is 0 Å². The first kappa shape index (κ1) is 12.5. The SMILES string of the molecule is COc1c(O)cc(Cl)c(C)c1C1(C(C)N)CC1. The lowest BCUT2D eigenvalue weighted by Crippen LogP contribution is -2.32. The standard InChI is InChI=1S/C13H18ClNO2/c1-7-9(14)6-10(16)12(17-3)11(7)13(4-5-13)8(2)15/h6,8,16H,4-5,15H2,1-3H3. The van der Waals surface area contributed by atoms with Crippen molar-refractivity contribution in [2.75, 3.05) is 7.11 Å². The Labute approximate surface area is 107 Å². The van der Waals surface area contributed by atoms with Crippen molar-refractivity contribution in [2.24, 2.45) is 5.73 Å². The Balaban J connectivity index is 2.67. The van der Waals surface area contributed by atoms with E-state index in [9.17, 15) is 5.11 Å². The predicted molar refractivity (Wildman–Crippen MR) is 69.0 cm³/mol. The van der Waals surface area contributed by atoms with Gasteiger partial charge in [0.25, 0.3) is 0 Å². The van der Waals surface area contributed by atoms with Gasteiger partial charge in [-0.2, -0.15) is 0 Å². The molecule has 1 aromatic carbocycles. The van der Waals surface area contributed by atoms with E-state index in [1.165, 1.54) is 6.07 Å². The topological polar surface area (TPSA) is 55.5 Å². The molecule has 0 amide bonds. The van der Waals surface area contributed by atoms with E-state index in [2.05, 4.69) is 0 Å². The van der Waals surface area contributed by atoms with E-state index in [-0.39, 0.29) is 17.2 Å². The second-order valence-corrected chi connectivity index (χ2v) is 5.26. The van der Waals surface area contributed by atoms with E-state index in [1.807, 2.05) is 13.8 Å². The molecule has 17 heavy (non-hydrogen) atoms. The number of benzene rings is 1. The molecule has 1 unspecified atom stereocenters. The van der Waals surface area contributed by atoms with Crippen molar-refractivity contribution >= 4 is 11.6 Å². The first-order valence-electron chi connectivity index (χ1n) is 5.76. The summed E-state index contributed by atoms with van der Waals surface area (Å²) in [6.45, 7) is 3.94. The fraction of sp³-hybridized carbons (Fsp3) is 0.538. The van der Waals surface area contributed by atoms with Gasteiger partial charge >= 0.3 is 0 Å². The molecule has 0 saturated heterocycles. The Morgan fingerprint density at radius 1 is 1.53 bits per heavy atom. The third-order valence-corrected chi connectivity index (χ3v) is 4.21. The minimum Gasteiger partial charge on any atom is -0.504 e. The van der Waals surface area contributed by atoms with Gasteiger partial charge in [0.1, 0.15) is 0 Å². The molecule has 0 heterocycles. The minimum absolute atomic E-state index is 0.0213. The molecule has 3 N–H and O–H groups in total. The molecule has 0 aromatic heterocycles. The molecule has 0 spiro atoms. The molecule has 0 bridgehead atoms. The van der Waals surface area contributed by atoms with Gasteiger partial charge in [-0.25, -0.2) is 0 Å². The Morgan fingerprint density at radius 3 is 2.53 bits per heavy atom. The summed E-state index contributed by atoms with van der Waals surface area (Å²) in [5.74, 6) is 0.603. The molecule has 3 nitrogen and oxygen atoms in total. The van der Waals surface area contributed by atoms with Gasteiger partial charge in [0, 0.05) is 28.1 Å². The molecular weight excluding hydrogens is 238 g/mol. The number of methoxy groups -OCH3 is 1. The zero-order chi connectivity index (χ0) is 12.8. The van der Waals surface area contributed by atoms with Crippen LogP contribution in [0.2, 0.25) is 5.02 Å². The Hall–Kier alpha value is -0.930. The van der Waals surface area contributed by atoms with Gasteiger partial charge in [-0.05, 0) is 32.3 Å². The first-order valence-corrected chi connectivity index (χ1v) is 6.14. The van der Waals surface area contributed by atoms with Crippen LogP contribution in [0.3, 0.4) is 0 Å². The van der Waals surface area contributed by atoms with Crippen molar-refractivity contribution in [3.63, 3.8) is 0 Å².